The van der Waals surface area contributed by atoms with Crippen molar-refractivity contribution in [3.8, 4) is 0 Å². The van der Waals surface area contributed by atoms with Crippen LogP contribution in [0, 0.1) is 0 Å². The lowest BCUT2D eigenvalue weighted by Crippen LogP contribution is -2.66. The maximum Gasteiger partial charge on any atom is 0.210 e. The van der Waals surface area contributed by atoms with E-state index < -0.39 is 5.41 Å². The van der Waals surface area contributed by atoms with Gasteiger partial charge in [0, 0.05) is 41.8 Å². The third kappa shape index (κ3) is 4.30. The Morgan fingerprint density at radius 1 is 0.761 bits per heavy atom. The lowest BCUT2D eigenvalue weighted by Gasteiger charge is -2.32. The van der Waals surface area contributed by atoms with Crippen molar-refractivity contribution in [2.45, 2.75) is 57.4 Å². The molecular formula is C42H41N2O2+. The molecule has 0 saturated heterocycles. The van der Waals surface area contributed by atoms with Crippen molar-refractivity contribution < 1.29 is 4.58 Å². The van der Waals surface area contributed by atoms with Crippen molar-refractivity contribution in [3.05, 3.63) is 140 Å². The zero-order valence-electron chi connectivity index (χ0n) is 27.3. The molecule has 5 aromatic rings. The zero-order valence-corrected chi connectivity index (χ0v) is 27.3. The molecule has 0 bridgehead atoms. The summed E-state index contributed by atoms with van der Waals surface area (Å²) in [6, 6.07) is 25.4. The van der Waals surface area contributed by atoms with Gasteiger partial charge < -0.3 is 4.90 Å². The Bertz CT molecular complexity index is 2280. The van der Waals surface area contributed by atoms with E-state index in [1.54, 1.807) is 0 Å². The van der Waals surface area contributed by atoms with Crippen LogP contribution in [0.4, 0.5) is 11.4 Å². The Morgan fingerprint density at radius 3 is 2.02 bits per heavy atom. The van der Waals surface area contributed by atoms with Gasteiger partial charge in [-0.2, -0.15) is 4.58 Å². The van der Waals surface area contributed by atoms with Gasteiger partial charge in [0.05, 0.1) is 21.9 Å². The zero-order chi connectivity index (χ0) is 32.4. The summed E-state index contributed by atoms with van der Waals surface area (Å²) in [5.74, 6) is 0. The topological polar surface area (TPSA) is 40.4 Å². The predicted molar refractivity (Wildman–Crippen MR) is 194 cm³/mol. The molecule has 2 aliphatic rings. The normalized spacial score (nSPS) is 17.8. The number of hydrogen-bond acceptors (Lipinski definition) is 3. The van der Waals surface area contributed by atoms with Crippen LogP contribution in [0.1, 0.15) is 51.7 Å². The minimum atomic E-state index is -0.401. The molecule has 0 N–H and O–H groups in total. The van der Waals surface area contributed by atoms with Crippen molar-refractivity contribution in [1.82, 2.24) is 0 Å². The standard InChI is InChI=1S/C42H41N2O2/c1-7-9-23-43-33-21-19-27-15-11-13-17-29(27)37(33)41(3,4)35(43)25-31-39(45)32(40(31)46)26-36-42(5,6)38-30-18-14-12-16-28(30)20-22-34(38)44(36)24-10-8-2/h7-8,11-22,25-26,35H,1-2,9-10,23-24H2,3-6H3/q+1. The van der Waals surface area contributed by atoms with E-state index in [-0.39, 0.29) is 27.5 Å². The third-order valence-corrected chi connectivity index (χ3v) is 10.4. The van der Waals surface area contributed by atoms with Gasteiger partial charge in [0.1, 0.15) is 0 Å². The number of anilines is 1. The fourth-order valence-corrected chi connectivity index (χ4v) is 8.12. The molecule has 0 aromatic heterocycles. The number of hydrogen-bond donors (Lipinski definition) is 0. The Morgan fingerprint density at radius 2 is 1.37 bits per heavy atom. The number of fused-ring (bicyclic) bond motifs is 6. The van der Waals surface area contributed by atoms with Crippen LogP contribution in [-0.2, 0) is 10.8 Å². The molecule has 0 fully saturated rings. The lowest BCUT2D eigenvalue weighted by atomic mass is 9.77. The molecule has 0 saturated carbocycles. The highest BCUT2D eigenvalue weighted by Crippen LogP contribution is 2.49. The van der Waals surface area contributed by atoms with Gasteiger partial charge in [-0.25, -0.2) is 0 Å². The summed E-state index contributed by atoms with van der Waals surface area (Å²) in [5.41, 5.74) is 4.69. The van der Waals surface area contributed by atoms with E-state index in [1.165, 1.54) is 32.7 Å². The minimum absolute atomic E-state index is 0.145. The first-order chi connectivity index (χ1) is 22.1. The molecule has 0 spiro atoms. The summed E-state index contributed by atoms with van der Waals surface area (Å²) in [5, 5.41) is 5.35. The van der Waals surface area contributed by atoms with Gasteiger partial charge in [0.25, 0.3) is 0 Å². The Balaban J connectivity index is 1.38. The first-order valence-electron chi connectivity index (χ1n) is 16.3. The van der Waals surface area contributed by atoms with Gasteiger partial charge >= 0.3 is 0 Å². The molecule has 1 atom stereocenters. The van der Waals surface area contributed by atoms with Crippen LogP contribution >= 0.6 is 0 Å². The van der Waals surface area contributed by atoms with Gasteiger partial charge in [0.15, 0.2) is 12.3 Å². The van der Waals surface area contributed by atoms with Gasteiger partial charge in [-0.15, -0.1) is 13.2 Å². The quantitative estimate of drug-likeness (QED) is 0.149. The van der Waals surface area contributed by atoms with E-state index in [2.05, 4.69) is 123 Å². The fraction of sp³-hybridized carbons (Fsp3) is 0.262. The molecule has 2 heterocycles. The van der Waals surface area contributed by atoms with E-state index in [1.807, 2.05) is 24.3 Å². The van der Waals surface area contributed by atoms with Crippen molar-refractivity contribution in [3.63, 3.8) is 0 Å². The van der Waals surface area contributed by atoms with Gasteiger partial charge in [-0.05, 0) is 65.6 Å². The third-order valence-electron chi connectivity index (χ3n) is 10.4. The van der Waals surface area contributed by atoms with Crippen LogP contribution in [0.2, 0.25) is 0 Å². The van der Waals surface area contributed by atoms with E-state index in [0.29, 0.717) is 5.22 Å². The van der Waals surface area contributed by atoms with E-state index >= 15 is 0 Å². The fourth-order valence-electron chi connectivity index (χ4n) is 8.12. The molecule has 0 amide bonds. The van der Waals surface area contributed by atoms with Crippen molar-refractivity contribution in [2.24, 2.45) is 0 Å². The SMILES string of the molecule is C=CCCN1c2ccc3ccccc3c2C(C)(C)C1C=c1c(=O)c(=CC2=[N+](CCC=C)c3ccc4ccccc4c3C2(C)C)c1=O. The Kier molecular flexibility index (Phi) is 7.08. The molecule has 7 rings (SSSR count). The molecule has 1 unspecified atom stereocenters. The van der Waals surface area contributed by atoms with Crippen molar-refractivity contribution in [2.75, 3.05) is 18.0 Å². The second-order valence-corrected chi connectivity index (χ2v) is 13.8. The highest BCUT2D eigenvalue weighted by atomic mass is 16.1. The van der Waals surface area contributed by atoms with Gasteiger partial charge in [-0.1, -0.05) is 80.6 Å². The molecule has 0 radical (unpaired) electrons. The van der Waals surface area contributed by atoms with Crippen LogP contribution < -0.4 is 26.2 Å². The maximum atomic E-state index is 13.9. The van der Waals surface area contributed by atoms with Crippen LogP contribution in [0.5, 0.6) is 0 Å². The lowest BCUT2D eigenvalue weighted by molar-refractivity contribution is -0.435. The highest BCUT2D eigenvalue weighted by Gasteiger charge is 2.46. The van der Waals surface area contributed by atoms with Gasteiger partial charge in [-0.3, -0.25) is 9.59 Å². The minimum Gasteiger partial charge on any atom is -0.364 e. The summed E-state index contributed by atoms with van der Waals surface area (Å²) < 4.78 is 2.28. The summed E-state index contributed by atoms with van der Waals surface area (Å²) in [6.45, 7) is 18.2. The van der Waals surface area contributed by atoms with E-state index in [4.69, 9.17) is 0 Å². The predicted octanol–water partition coefficient (Wildman–Crippen LogP) is 6.55. The number of nitrogens with zero attached hydrogens (tertiary/aromatic N) is 2. The Hall–Kier alpha value is -4.83. The van der Waals surface area contributed by atoms with Crippen molar-refractivity contribution in [1.29, 1.82) is 0 Å². The smallest absolute Gasteiger partial charge is 0.210 e. The van der Waals surface area contributed by atoms with Crippen LogP contribution in [-0.4, -0.2) is 29.4 Å². The molecule has 0 aliphatic carbocycles. The summed E-state index contributed by atoms with van der Waals surface area (Å²) in [4.78, 5) is 30.2. The summed E-state index contributed by atoms with van der Waals surface area (Å²) in [6.07, 6.45) is 9.25. The molecule has 230 valence electrons. The van der Waals surface area contributed by atoms with E-state index in [9.17, 15) is 9.59 Å². The monoisotopic (exact) mass is 605 g/mol. The molecule has 2 aliphatic heterocycles. The molecule has 4 nitrogen and oxygen atoms in total. The van der Waals surface area contributed by atoms with Crippen LogP contribution in [0.15, 0.2) is 108 Å². The van der Waals surface area contributed by atoms with Crippen LogP contribution in [0.3, 0.4) is 0 Å². The Labute approximate surface area is 270 Å². The average Bonchev–Trinajstić information content (AvgIpc) is 3.41. The number of benzene rings is 4. The average molecular weight is 606 g/mol. The first kappa shape index (κ1) is 29.9. The molecule has 46 heavy (non-hydrogen) atoms. The first-order valence-corrected chi connectivity index (χ1v) is 16.3. The second kappa shape index (κ2) is 10.9. The summed E-state index contributed by atoms with van der Waals surface area (Å²) >= 11 is 0. The summed E-state index contributed by atoms with van der Waals surface area (Å²) in [7, 11) is 0. The second-order valence-electron chi connectivity index (χ2n) is 13.8. The molecular weight excluding hydrogens is 564 g/mol. The van der Waals surface area contributed by atoms with Gasteiger partial charge in [0.2, 0.25) is 16.5 Å². The molecule has 5 aromatic carbocycles. The largest absolute Gasteiger partial charge is 0.364 e. The highest BCUT2D eigenvalue weighted by molar-refractivity contribution is 6.17. The molecule has 4 heteroatoms. The maximum absolute atomic E-state index is 13.9. The number of rotatable bonds is 8. The van der Waals surface area contributed by atoms with Crippen molar-refractivity contribution >= 4 is 50.8 Å². The van der Waals surface area contributed by atoms with E-state index in [0.717, 1.165) is 43.0 Å². The van der Waals surface area contributed by atoms with Crippen LogP contribution in [0.25, 0.3) is 33.7 Å².